The second-order valence-corrected chi connectivity index (χ2v) is 8.44. The number of hydrogen-bond donors (Lipinski definition) is 1. The number of hydrogen-bond acceptors (Lipinski definition) is 5. The summed E-state index contributed by atoms with van der Waals surface area (Å²) in [6.07, 6.45) is 1.71. The average molecular weight is 314 g/mol. The van der Waals surface area contributed by atoms with Gasteiger partial charge in [-0.1, -0.05) is 19.9 Å². The Morgan fingerprint density at radius 3 is 2.48 bits per heavy atom. The summed E-state index contributed by atoms with van der Waals surface area (Å²) in [5.74, 6) is 0.109. The average Bonchev–Trinajstić information content (AvgIpc) is 2.33. The summed E-state index contributed by atoms with van der Waals surface area (Å²) < 4.78 is 22.5. The van der Waals surface area contributed by atoms with Gasteiger partial charge in [0.15, 0.2) is 0 Å². The highest BCUT2D eigenvalue weighted by molar-refractivity contribution is 7.90. The van der Waals surface area contributed by atoms with E-state index in [0.29, 0.717) is 18.7 Å². The summed E-state index contributed by atoms with van der Waals surface area (Å²) >= 11 is 0. The van der Waals surface area contributed by atoms with Crippen molar-refractivity contribution in [1.82, 2.24) is 0 Å². The Kier molecular flexibility index (Phi) is 5.33. The lowest BCUT2D eigenvalue weighted by Crippen LogP contribution is -2.26. The van der Waals surface area contributed by atoms with Gasteiger partial charge in [-0.15, -0.1) is 0 Å². The van der Waals surface area contributed by atoms with Gasteiger partial charge in [-0.2, -0.15) is 0 Å². The van der Waals surface area contributed by atoms with Crippen molar-refractivity contribution >= 4 is 21.2 Å². The molecule has 1 aromatic rings. The third kappa shape index (κ3) is 6.12. The van der Waals surface area contributed by atoms with Crippen molar-refractivity contribution < 1.29 is 13.3 Å². The fourth-order valence-corrected chi connectivity index (χ4v) is 2.76. The summed E-state index contributed by atoms with van der Waals surface area (Å²) in [4.78, 5) is 10.6. The van der Waals surface area contributed by atoms with E-state index < -0.39 is 14.8 Å². The van der Waals surface area contributed by atoms with E-state index in [0.717, 1.165) is 5.56 Å². The van der Waals surface area contributed by atoms with Crippen LogP contribution in [-0.2, 0) is 9.84 Å². The molecule has 0 saturated carbocycles. The van der Waals surface area contributed by atoms with Crippen molar-refractivity contribution in [1.29, 1.82) is 0 Å². The maximum atomic E-state index is 11.2. The van der Waals surface area contributed by atoms with Crippen molar-refractivity contribution in [2.75, 3.05) is 23.9 Å². The molecule has 0 aromatic heterocycles. The van der Waals surface area contributed by atoms with Crippen LogP contribution in [0.2, 0.25) is 0 Å². The van der Waals surface area contributed by atoms with Gasteiger partial charge in [0.05, 0.1) is 10.7 Å². The van der Waals surface area contributed by atoms with Crippen LogP contribution in [0.3, 0.4) is 0 Å². The summed E-state index contributed by atoms with van der Waals surface area (Å²) in [6, 6.07) is 4.89. The molecule has 0 amide bonds. The normalized spacial score (nSPS) is 12.2. The second kappa shape index (κ2) is 6.43. The van der Waals surface area contributed by atoms with Crippen LogP contribution in [0.25, 0.3) is 0 Å². The molecule has 0 unspecified atom stereocenters. The number of benzene rings is 1. The molecular formula is C14H22N2O4S. The predicted molar refractivity (Wildman–Crippen MR) is 84.4 cm³/mol. The Hall–Kier alpha value is -1.63. The van der Waals surface area contributed by atoms with Crippen molar-refractivity contribution in [3.63, 3.8) is 0 Å². The molecule has 0 fully saturated rings. The minimum Gasteiger partial charge on any atom is -0.379 e. The molecule has 1 N–H and O–H groups in total. The number of nitrogens with zero attached hydrogens (tertiary/aromatic N) is 1. The Balaban J connectivity index is 2.78. The van der Waals surface area contributed by atoms with Crippen LogP contribution in [0.4, 0.5) is 11.4 Å². The zero-order chi connectivity index (χ0) is 16.3. The predicted octanol–water partition coefficient (Wildman–Crippen LogP) is 2.78. The van der Waals surface area contributed by atoms with E-state index in [1.54, 1.807) is 12.1 Å². The fourth-order valence-electron chi connectivity index (χ4n) is 1.84. The lowest BCUT2D eigenvalue weighted by molar-refractivity contribution is -0.384. The molecule has 0 atom stereocenters. The number of anilines is 1. The quantitative estimate of drug-likeness (QED) is 0.617. The van der Waals surface area contributed by atoms with E-state index in [4.69, 9.17) is 0 Å². The molecule has 1 aromatic carbocycles. The lowest BCUT2D eigenvalue weighted by atomic mass is 9.90. The summed E-state index contributed by atoms with van der Waals surface area (Å²) in [5, 5.41) is 14.1. The van der Waals surface area contributed by atoms with Gasteiger partial charge < -0.3 is 5.32 Å². The van der Waals surface area contributed by atoms with Gasteiger partial charge in [0.1, 0.15) is 15.5 Å². The van der Waals surface area contributed by atoms with E-state index in [2.05, 4.69) is 5.32 Å². The van der Waals surface area contributed by atoms with Gasteiger partial charge in [-0.3, -0.25) is 10.1 Å². The maximum Gasteiger partial charge on any atom is 0.292 e. The molecule has 0 spiro atoms. The molecule has 1 rings (SSSR count). The number of nitro groups is 1. The highest BCUT2D eigenvalue weighted by Gasteiger charge is 2.22. The fraction of sp³-hybridized carbons (Fsp3) is 0.571. The smallest absolute Gasteiger partial charge is 0.292 e. The zero-order valence-electron chi connectivity index (χ0n) is 12.8. The van der Waals surface area contributed by atoms with E-state index >= 15 is 0 Å². The van der Waals surface area contributed by atoms with E-state index in [1.165, 1.54) is 12.3 Å². The van der Waals surface area contributed by atoms with Crippen molar-refractivity contribution in [2.24, 2.45) is 5.41 Å². The molecule has 7 heteroatoms. The Morgan fingerprint density at radius 2 is 1.95 bits per heavy atom. The SMILES string of the molecule is Cc1ccc([N+](=O)[O-])c(NCC(C)(C)CCS(C)(=O)=O)c1. The third-order valence-electron chi connectivity index (χ3n) is 3.26. The molecule has 0 aliphatic heterocycles. The zero-order valence-corrected chi connectivity index (χ0v) is 13.7. The first-order valence-corrected chi connectivity index (χ1v) is 8.73. The highest BCUT2D eigenvalue weighted by Crippen LogP contribution is 2.28. The highest BCUT2D eigenvalue weighted by atomic mass is 32.2. The van der Waals surface area contributed by atoms with Crippen molar-refractivity contribution in [2.45, 2.75) is 27.2 Å². The molecule has 0 radical (unpaired) electrons. The van der Waals surface area contributed by atoms with Crippen LogP contribution in [0.15, 0.2) is 18.2 Å². The molecule has 0 heterocycles. The summed E-state index contributed by atoms with van der Waals surface area (Å²) in [6.45, 7) is 6.20. The number of nitrogens with one attached hydrogen (secondary N) is 1. The summed E-state index contributed by atoms with van der Waals surface area (Å²) in [7, 11) is -3.00. The van der Waals surface area contributed by atoms with Gasteiger partial charge >= 0.3 is 0 Å². The van der Waals surface area contributed by atoms with Crippen molar-refractivity contribution in [3.05, 3.63) is 33.9 Å². The largest absolute Gasteiger partial charge is 0.379 e. The van der Waals surface area contributed by atoms with Crippen LogP contribution in [0.1, 0.15) is 25.8 Å². The van der Waals surface area contributed by atoms with E-state index in [9.17, 15) is 18.5 Å². The molecule has 0 aliphatic carbocycles. The molecule has 6 nitrogen and oxygen atoms in total. The third-order valence-corrected chi connectivity index (χ3v) is 4.20. The first-order valence-electron chi connectivity index (χ1n) is 6.67. The number of aryl methyl sites for hydroxylation is 1. The molecular weight excluding hydrogens is 292 g/mol. The molecule has 118 valence electrons. The Morgan fingerprint density at radius 1 is 1.33 bits per heavy atom. The van der Waals surface area contributed by atoms with Crippen LogP contribution in [0.5, 0.6) is 0 Å². The maximum absolute atomic E-state index is 11.2. The molecule has 0 aliphatic rings. The minimum atomic E-state index is -3.00. The van der Waals surface area contributed by atoms with E-state index in [-0.39, 0.29) is 16.9 Å². The van der Waals surface area contributed by atoms with Gasteiger partial charge in [0.2, 0.25) is 0 Å². The van der Waals surface area contributed by atoms with Gasteiger partial charge in [-0.25, -0.2) is 8.42 Å². The van der Waals surface area contributed by atoms with Crippen LogP contribution in [-0.4, -0.2) is 31.9 Å². The van der Waals surface area contributed by atoms with Gasteiger partial charge in [0, 0.05) is 18.9 Å². The second-order valence-electron chi connectivity index (χ2n) is 6.18. The molecule has 21 heavy (non-hydrogen) atoms. The molecule has 0 saturated heterocycles. The minimum absolute atomic E-state index is 0.0273. The number of rotatable bonds is 7. The first-order chi connectivity index (χ1) is 9.50. The van der Waals surface area contributed by atoms with Crippen LogP contribution < -0.4 is 5.32 Å². The van der Waals surface area contributed by atoms with E-state index in [1.807, 2.05) is 20.8 Å². The van der Waals surface area contributed by atoms with Gasteiger partial charge in [-0.05, 0) is 30.4 Å². The Labute approximate surface area is 125 Å². The Bertz CT molecular complexity index is 624. The van der Waals surface area contributed by atoms with Gasteiger partial charge in [0.25, 0.3) is 5.69 Å². The number of nitro benzene ring substituents is 1. The lowest BCUT2D eigenvalue weighted by Gasteiger charge is -2.25. The standard InChI is InChI=1S/C14H22N2O4S/c1-11-5-6-13(16(17)18)12(9-11)15-10-14(2,3)7-8-21(4,19)20/h5-6,9,15H,7-8,10H2,1-4H3. The monoisotopic (exact) mass is 314 g/mol. The van der Waals surface area contributed by atoms with Crippen molar-refractivity contribution in [3.8, 4) is 0 Å². The first kappa shape index (κ1) is 17.4. The molecule has 0 bridgehead atoms. The van der Waals surface area contributed by atoms with Crippen LogP contribution >= 0.6 is 0 Å². The van der Waals surface area contributed by atoms with Crippen LogP contribution in [0, 0.1) is 22.5 Å². The number of sulfone groups is 1. The topological polar surface area (TPSA) is 89.3 Å². The summed E-state index contributed by atoms with van der Waals surface area (Å²) in [5.41, 5.74) is 1.14.